The van der Waals surface area contributed by atoms with Gasteiger partial charge in [0, 0.05) is 5.56 Å². The van der Waals surface area contributed by atoms with E-state index in [1.165, 1.54) is 7.11 Å². The van der Waals surface area contributed by atoms with Gasteiger partial charge < -0.3 is 14.6 Å². The number of carboxylic acids is 1. The van der Waals surface area contributed by atoms with Gasteiger partial charge in [-0.15, -0.1) is 0 Å². The van der Waals surface area contributed by atoms with Crippen LogP contribution in [-0.4, -0.2) is 24.3 Å². The van der Waals surface area contributed by atoms with Crippen molar-refractivity contribution in [2.75, 3.05) is 7.11 Å². The van der Waals surface area contributed by atoms with Gasteiger partial charge in [-0.05, 0) is 31.5 Å². The van der Waals surface area contributed by atoms with E-state index in [-0.39, 0.29) is 17.4 Å². The Hall–Kier alpha value is -2.49. The van der Waals surface area contributed by atoms with Gasteiger partial charge in [0.25, 0.3) is 0 Å². The number of rotatable bonds is 5. The number of ether oxygens (including phenoxy) is 2. The predicted molar refractivity (Wildman–Crippen MR) is 81.2 cm³/mol. The fraction of sp³-hybridized carbons (Fsp3) is 0.235. The van der Waals surface area contributed by atoms with E-state index in [0.29, 0.717) is 11.3 Å². The topological polar surface area (TPSA) is 55.8 Å². The highest BCUT2D eigenvalue weighted by atomic mass is 16.5. The summed E-state index contributed by atoms with van der Waals surface area (Å²) in [5.74, 6) is -0.356. The van der Waals surface area contributed by atoms with Crippen LogP contribution >= 0.6 is 0 Å². The third-order valence-electron chi connectivity index (χ3n) is 2.99. The van der Waals surface area contributed by atoms with Crippen LogP contribution in [0.5, 0.6) is 11.5 Å². The number of hydrogen-bond donors (Lipinski definition) is 1. The summed E-state index contributed by atoms with van der Waals surface area (Å²) >= 11 is 0. The number of methoxy groups -OCH3 is 1. The van der Waals surface area contributed by atoms with Crippen LogP contribution in [0.4, 0.5) is 0 Å². The molecule has 0 heterocycles. The van der Waals surface area contributed by atoms with Crippen molar-refractivity contribution in [3.05, 3.63) is 48.0 Å². The molecule has 0 aliphatic heterocycles. The van der Waals surface area contributed by atoms with Crippen LogP contribution < -0.4 is 9.47 Å². The molecular weight excluding hydrogens is 268 g/mol. The Bertz CT molecular complexity index is 633. The number of aromatic carboxylic acids is 1. The molecule has 4 nitrogen and oxygen atoms in total. The molecule has 0 bridgehead atoms. The van der Waals surface area contributed by atoms with E-state index in [1.54, 1.807) is 12.1 Å². The first kappa shape index (κ1) is 14.9. The van der Waals surface area contributed by atoms with Gasteiger partial charge in [-0.2, -0.15) is 0 Å². The van der Waals surface area contributed by atoms with E-state index >= 15 is 0 Å². The van der Waals surface area contributed by atoms with Crippen molar-refractivity contribution in [3.63, 3.8) is 0 Å². The molecule has 2 rings (SSSR count). The fourth-order valence-electron chi connectivity index (χ4n) is 2.15. The first-order valence-electron chi connectivity index (χ1n) is 6.71. The largest absolute Gasteiger partial charge is 0.493 e. The van der Waals surface area contributed by atoms with Gasteiger partial charge in [-0.1, -0.05) is 30.3 Å². The highest BCUT2D eigenvalue weighted by molar-refractivity contribution is 6.00. The molecule has 0 saturated carbocycles. The highest BCUT2D eigenvalue weighted by Gasteiger charge is 2.23. The van der Waals surface area contributed by atoms with E-state index < -0.39 is 5.97 Å². The van der Waals surface area contributed by atoms with Crippen LogP contribution in [0.3, 0.4) is 0 Å². The van der Waals surface area contributed by atoms with Gasteiger partial charge >= 0.3 is 5.97 Å². The third kappa shape index (κ3) is 3.16. The summed E-state index contributed by atoms with van der Waals surface area (Å²) in [6.07, 6.45) is -0.150. The second-order valence-corrected chi connectivity index (χ2v) is 4.86. The zero-order valence-electron chi connectivity index (χ0n) is 12.3. The summed E-state index contributed by atoms with van der Waals surface area (Å²) in [5.41, 5.74) is 1.56. The molecule has 0 atom stereocenters. The second kappa shape index (κ2) is 6.31. The first-order valence-corrected chi connectivity index (χ1v) is 6.71. The molecule has 0 spiro atoms. The lowest BCUT2D eigenvalue weighted by molar-refractivity contribution is 0.0690. The van der Waals surface area contributed by atoms with Crippen molar-refractivity contribution in [2.45, 2.75) is 20.0 Å². The summed E-state index contributed by atoms with van der Waals surface area (Å²) in [6, 6.07) is 12.8. The molecule has 2 aromatic carbocycles. The molecule has 0 fully saturated rings. The smallest absolute Gasteiger partial charge is 0.340 e. The Balaban J connectivity index is 2.69. The summed E-state index contributed by atoms with van der Waals surface area (Å²) in [4.78, 5) is 11.7. The van der Waals surface area contributed by atoms with Gasteiger partial charge in [0.05, 0.1) is 13.2 Å². The normalized spacial score (nSPS) is 10.5. The zero-order chi connectivity index (χ0) is 15.4. The molecule has 0 saturated heterocycles. The lowest BCUT2D eigenvalue weighted by Crippen LogP contribution is -2.12. The van der Waals surface area contributed by atoms with Gasteiger partial charge in [-0.25, -0.2) is 4.79 Å². The quantitative estimate of drug-likeness (QED) is 0.907. The number of benzene rings is 2. The maximum absolute atomic E-state index is 11.7. The lowest BCUT2D eigenvalue weighted by Gasteiger charge is -2.18. The monoisotopic (exact) mass is 286 g/mol. The third-order valence-corrected chi connectivity index (χ3v) is 2.99. The number of carboxylic acid groups (broad SMARTS) is 1. The van der Waals surface area contributed by atoms with Crippen LogP contribution in [0.25, 0.3) is 11.1 Å². The van der Waals surface area contributed by atoms with E-state index in [4.69, 9.17) is 9.47 Å². The second-order valence-electron chi connectivity index (χ2n) is 4.86. The Morgan fingerprint density at radius 3 is 2.29 bits per heavy atom. The predicted octanol–water partition coefficient (Wildman–Crippen LogP) is 3.85. The fourth-order valence-corrected chi connectivity index (χ4v) is 2.15. The lowest BCUT2D eigenvalue weighted by atomic mass is 9.98. The average molecular weight is 286 g/mol. The summed E-state index contributed by atoms with van der Waals surface area (Å²) < 4.78 is 10.9. The summed E-state index contributed by atoms with van der Waals surface area (Å²) in [6.45, 7) is 3.69. The van der Waals surface area contributed by atoms with Crippen LogP contribution in [0.2, 0.25) is 0 Å². The van der Waals surface area contributed by atoms with Crippen LogP contribution in [-0.2, 0) is 0 Å². The minimum Gasteiger partial charge on any atom is -0.493 e. The minimum atomic E-state index is -1.04. The van der Waals surface area contributed by atoms with Crippen molar-refractivity contribution in [2.24, 2.45) is 0 Å². The molecule has 0 unspecified atom stereocenters. The van der Waals surface area contributed by atoms with Crippen LogP contribution in [0.15, 0.2) is 42.5 Å². The Kier molecular flexibility index (Phi) is 4.48. The Morgan fingerprint density at radius 2 is 1.76 bits per heavy atom. The molecule has 0 aliphatic carbocycles. The average Bonchev–Trinajstić information content (AvgIpc) is 2.46. The number of carbonyl (C=O) groups is 1. The van der Waals surface area contributed by atoms with Crippen molar-refractivity contribution in [3.8, 4) is 22.6 Å². The molecule has 21 heavy (non-hydrogen) atoms. The van der Waals surface area contributed by atoms with Crippen molar-refractivity contribution >= 4 is 5.97 Å². The molecule has 0 aliphatic rings. The van der Waals surface area contributed by atoms with Gasteiger partial charge in [0.2, 0.25) is 0 Å². The molecule has 2 aromatic rings. The van der Waals surface area contributed by atoms with E-state index in [2.05, 4.69) is 0 Å². The Morgan fingerprint density at radius 1 is 1.10 bits per heavy atom. The maximum Gasteiger partial charge on any atom is 0.340 e. The number of hydrogen-bond acceptors (Lipinski definition) is 3. The van der Waals surface area contributed by atoms with Crippen molar-refractivity contribution in [1.82, 2.24) is 0 Å². The highest BCUT2D eigenvalue weighted by Crippen LogP contribution is 2.38. The molecule has 0 amide bonds. The molecule has 110 valence electrons. The van der Waals surface area contributed by atoms with Crippen LogP contribution in [0.1, 0.15) is 24.2 Å². The Labute approximate surface area is 123 Å². The SMILES string of the molecule is COc1ccc(-c2ccccc2)c(C(=O)O)c1OC(C)C. The molecule has 4 heteroatoms. The van der Waals surface area contributed by atoms with Crippen molar-refractivity contribution in [1.29, 1.82) is 0 Å². The maximum atomic E-state index is 11.7. The standard InChI is InChI=1S/C17H18O4/c1-11(2)21-16-14(20-3)10-9-13(15(16)17(18)19)12-7-5-4-6-8-12/h4-11H,1-3H3,(H,18,19). The van der Waals surface area contributed by atoms with Gasteiger partial charge in [0.15, 0.2) is 11.5 Å². The van der Waals surface area contributed by atoms with Gasteiger partial charge in [0.1, 0.15) is 5.56 Å². The zero-order valence-corrected chi connectivity index (χ0v) is 12.3. The van der Waals surface area contributed by atoms with Gasteiger partial charge in [-0.3, -0.25) is 0 Å². The van der Waals surface area contributed by atoms with E-state index in [0.717, 1.165) is 5.56 Å². The minimum absolute atomic E-state index is 0.120. The summed E-state index contributed by atoms with van der Waals surface area (Å²) in [5, 5.41) is 9.61. The first-order chi connectivity index (χ1) is 10.0. The molecular formula is C17H18O4. The molecule has 0 aromatic heterocycles. The van der Waals surface area contributed by atoms with E-state index in [1.807, 2.05) is 44.2 Å². The van der Waals surface area contributed by atoms with E-state index in [9.17, 15) is 9.90 Å². The molecule has 1 N–H and O–H groups in total. The van der Waals surface area contributed by atoms with Crippen molar-refractivity contribution < 1.29 is 19.4 Å². The summed E-state index contributed by atoms with van der Waals surface area (Å²) in [7, 11) is 1.50. The molecule has 0 radical (unpaired) electrons. The van der Waals surface area contributed by atoms with Crippen LogP contribution in [0, 0.1) is 0 Å².